The van der Waals surface area contributed by atoms with E-state index >= 15 is 0 Å². The van der Waals surface area contributed by atoms with Crippen LogP contribution in [0, 0.1) is 6.92 Å². The molecular weight excluding hydrogens is 266 g/mol. The van der Waals surface area contributed by atoms with Gasteiger partial charge in [-0.25, -0.2) is 9.78 Å². The molecule has 0 spiro atoms. The maximum Gasteiger partial charge on any atom is 0.338 e. The zero-order valence-electron chi connectivity index (χ0n) is 12.7. The van der Waals surface area contributed by atoms with E-state index in [0.29, 0.717) is 11.4 Å². The SMILES string of the molecule is COC(=O)c1ccnc(Nc2ccc(C)c(N(C)C)c2)c1. The number of carbonyl (C=O) groups is 1. The van der Waals surface area contributed by atoms with Gasteiger partial charge in [-0.1, -0.05) is 6.07 Å². The van der Waals surface area contributed by atoms with Gasteiger partial charge in [0.1, 0.15) is 5.82 Å². The molecule has 0 fully saturated rings. The highest BCUT2D eigenvalue weighted by atomic mass is 16.5. The molecule has 0 bridgehead atoms. The van der Waals surface area contributed by atoms with Crippen LogP contribution in [0.15, 0.2) is 36.5 Å². The van der Waals surface area contributed by atoms with Crippen molar-refractivity contribution < 1.29 is 9.53 Å². The Kier molecular flexibility index (Phi) is 4.42. The first kappa shape index (κ1) is 14.8. The lowest BCUT2D eigenvalue weighted by molar-refractivity contribution is 0.0600. The molecular formula is C16H19N3O2. The average Bonchev–Trinajstić information content (AvgIpc) is 2.48. The molecule has 0 aliphatic heterocycles. The summed E-state index contributed by atoms with van der Waals surface area (Å²) in [6.07, 6.45) is 1.58. The number of hydrogen-bond acceptors (Lipinski definition) is 5. The first-order valence-corrected chi connectivity index (χ1v) is 6.60. The Morgan fingerprint density at radius 1 is 1.24 bits per heavy atom. The number of aryl methyl sites for hydroxylation is 1. The van der Waals surface area contributed by atoms with E-state index in [1.807, 2.05) is 32.3 Å². The van der Waals surface area contributed by atoms with Crippen LogP contribution in [0.5, 0.6) is 0 Å². The van der Waals surface area contributed by atoms with Crippen LogP contribution in [-0.2, 0) is 4.74 Å². The summed E-state index contributed by atoms with van der Waals surface area (Å²) in [5, 5.41) is 3.20. The number of carbonyl (C=O) groups excluding carboxylic acids is 1. The Labute approximate surface area is 124 Å². The number of pyridine rings is 1. The molecule has 2 rings (SSSR count). The first-order valence-electron chi connectivity index (χ1n) is 6.60. The number of rotatable bonds is 4. The fourth-order valence-corrected chi connectivity index (χ4v) is 2.06. The van der Waals surface area contributed by atoms with Crippen LogP contribution >= 0.6 is 0 Å². The lowest BCUT2D eigenvalue weighted by Crippen LogP contribution is -2.10. The van der Waals surface area contributed by atoms with Gasteiger partial charge >= 0.3 is 5.97 Å². The molecule has 110 valence electrons. The number of methoxy groups -OCH3 is 1. The third kappa shape index (κ3) is 3.51. The minimum absolute atomic E-state index is 0.377. The number of ether oxygens (including phenoxy) is 1. The first-order chi connectivity index (χ1) is 10.0. The molecule has 0 aliphatic carbocycles. The van der Waals surface area contributed by atoms with Crippen molar-refractivity contribution >= 4 is 23.2 Å². The highest BCUT2D eigenvalue weighted by Crippen LogP contribution is 2.24. The normalized spacial score (nSPS) is 10.1. The molecule has 2 aromatic rings. The van der Waals surface area contributed by atoms with Crippen LogP contribution in [0.2, 0.25) is 0 Å². The summed E-state index contributed by atoms with van der Waals surface area (Å²) in [6, 6.07) is 9.36. The maximum atomic E-state index is 11.5. The number of hydrogen-bond donors (Lipinski definition) is 1. The second-order valence-corrected chi connectivity index (χ2v) is 4.94. The lowest BCUT2D eigenvalue weighted by Gasteiger charge is -2.17. The van der Waals surface area contributed by atoms with Gasteiger partial charge in [-0.15, -0.1) is 0 Å². The predicted molar refractivity (Wildman–Crippen MR) is 84.4 cm³/mol. The van der Waals surface area contributed by atoms with Crippen molar-refractivity contribution in [1.82, 2.24) is 4.98 Å². The van der Waals surface area contributed by atoms with E-state index in [2.05, 4.69) is 22.1 Å². The van der Waals surface area contributed by atoms with E-state index in [1.54, 1.807) is 18.3 Å². The van der Waals surface area contributed by atoms with Gasteiger partial charge in [0.2, 0.25) is 0 Å². The van der Waals surface area contributed by atoms with Gasteiger partial charge in [-0.3, -0.25) is 0 Å². The number of benzene rings is 1. The second kappa shape index (κ2) is 6.26. The Balaban J connectivity index is 2.26. The van der Waals surface area contributed by atoms with Crippen molar-refractivity contribution in [2.75, 3.05) is 31.4 Å². The Morgan fingerprint density at radius 3 is 2.67 bits per heavy atom. The zero-order valence-corrected chi connectivity index (χ0v) is 12.7. The molecule has 0 radical (unpaired) electrons. The second-order valence-electron chi connectivity index (χ2n) is 4.94. The number of anilines is 3. The van der Waals surface area contributed by atoms with Gasteiger partial charge in [0.15, 0.2) is 0 Å². The molecule has 5 heteroatoms. The van der Waals surface area contributed by atoms with Gasteiger partial charge in [0.25, 0.3) is 0 Å². The third-order valence-corrected chi connectivity index (χ3v) is 3.14. The molecule has 21 heavy (non-hydrogen) atoms. The van der Waals surface area contributed by atoms with Crippen LogP contribution in [0.1, 0.15) is 15.9 Å². The smallest absolute Gasteiger partial charge is 0.338 e. The quantitative estimate of drug-likeness (QED) is 0.875. The van der Waals surface area contributed by atoms with Crippen molar-refractivity contribution in [3.8, 4) is 0 Å². The van der Waals surface area contributed by atoms with Crippen LogP contribution in [-0.4, -0.2) is 32.2 Å². The maximum absolute atomic E-state index is 11.5. The standard InChI is InChI=1S/C16H19N3O2/c1-11-5-6-13(10-14(11)19(2)3)18-15-9-12(7-8-17-15)16(20)21-4/h5-10H,1-4H3,(H,17,18). The van der Waals surface area contributed by atoms with E-state index in [9.17, 15) is 4.79 Å². The number of nitrogens with zero attached hydrogens (tertiary/aromatic N) is 2. The highest BCUT2D eigenvalue weighted by Gasteiger charge is 2.07. The fourth-order valence-electron chi connectivity index (χ4n) is 2.06. The number of esters is 1. The van der Waals surface area contributed by atoms with Crippen LogP contribution in [0.4, 0.5) is 17.2 Å². The van der Waals surface area contributed by atoms with Gasteiger partial charge in [0, 0.05) is 31.7 Å². The van der Waals surface area contributed by atoms with Crippen LogP contribution in [0.25, 0.3) is 0 Å². The van der Waals surface area contributed by atoms with Crippen LogP contribution < -0.4 is 10.2 Å². The lowest BCUT2D eigenvalue weighted by atomic mass is 10.1. The van der Waals surface area contributed by atoms with Crippen molar-refractivity contribution in [3.63, 3.8) is 0 Å². The molecule has 1 aromatic carbocycles. The van der Waals surface area contributed by atoms with Crippen molar-refractivity contribution in [2.24, 2.45) is 0 Å². The summed E-state index contributed by atoms with van der Waals surface area (Å²) >= 11 is 0. The molecule has 0 unspecified atom stereocenters. The Morgan fingerprint density at radius 2 is 2.00 bits per heavy atom. The topological polar surface area (TPSA) is 54.5 Å². The monoisotopic (exact) mass is 285 g/mol. The molecule has 0 atom stereocenters. The van der Waals surface area contributed by atoms with Crippen LogP contribution in [0.3, 0.4) is 0 Å². The van der Waals surface area contributed by atoms with Gasteiger partial charge in [0.05, 0.1) is 12.7 Å². The van der Waals surface area contributed by atoms with Gasteiger partial charge in [-0.2, -0.15) is 0 Å². The predicted octanol–water partition coefficient (Wildman–Crippen LogP) is 2.99. The third-order valence-electron chi connectivity index (χ3n) is 3.14. The molecule has 0 saturated heterocycles. The molecule has 5 nitrogen and oxygen atoms in total. The average molecular weight is 285 g/mol. The largest absolute Gasteiger partial charge is 0.465 e. The Bertz CT molecular complexity index is 654. The summed E-state index contributed by atoms with van der Waals surface area (Å²) in [7, 11) is 5.36. The summed E-state index contributed by atoms with van der Waals surface area (Å²) < 4.78 is 4.71. The molecule has 1 aromatic heterocycles. The molecule has 0 saturated carbocycles. The summed E-state index contributed by atoms with van der Waals surface area (Å²) in [4.78, 5) is 17.8. The summed E-state index contributed by atoms with van der Waals surface area (Å²) in [5.74, 6) is 0.227. The van der Waals surface area contributed by atoms with E-state index in [0.717, 1.165) is 11.4 Å². The van der Waals surface area contributed by atoms with Crippen molar-refractivity contribution in [2.45, 2.75) is 6.92 Å². The van der Waals surface area contributed by atoms with E-state index in [-0.39, 0.29) is 5.97 Å². The molecule has 0 amide bonds. The minimum atomic E-state index is -0.377. The minimum Gasteiger partial charge on any atom is -0.465 e. The van der Waals surface area contributed by atoms with Gasteiger partial charge < -0.3 is 15.0 Å². The van der Waals surface area contributed by atoms with Crippen molar-refractivity contribution in [3.05, 3.63) is 47.7 Å². The van der Waals surface area contributed by atoms with Gasteiger partial charge in [-0.05, 0) is 36.8 Å². The number of nitrogens with one attached hydrogen (secondary N) is 1. The summed E-state index contributed by atoms with van der Waals surface area (Å²) in [6.45, 7) is 2.06. The fraction of sp³-hybridized carbons (Fsp3) is 0.250. The molecule has 1 N–H and O–H groups in total. The van der Waals surface area contributed by atoms with E-state index in [1.165, 1.54) is 12.7 Å². The Hall–Kier alpha value is -2.56. The number of aromatic nitrogens is 1. The van der Waals surface area contributed by atoms with E-state index in [4.69, 9.17) is 4.74 Å². The van der Waals surface area contributed by atoms with Crippen molar-refractivity contribution in [1.29, 1.82) is 0 Å². The highest BCUT2D eigenvalue weighted by molar-refractivity contribution is 5.90. The summed E-state index contributed by atoms with van der Waals surface area (Å²) in [5.41, 5.74) is 3.71. The molecule has 1 heterocycles. The molecule has 0 aliphatic rings. The van der Waals surface area contributed by atoms with E-state index < -0.39 is 0 Å². The zero-order chi connectivity index (χ0) is 15.4.